The van der Waals surface area contributed by atoms with Gasteiger partial charge in [0.2, 0.25) is 0 Å². The van der Waals surface area contributed by atoms with E-state index in [4.69, 9.17) is 5.73 Å². The predicted octanol–water partition coefficient (Wildman–Crippen LogP) is 6.76. The van der Waals surface area contributed by atoms with Crippen molar-refractivity contribution < 1.29 is 0 Å². The second-order valence-corrected chi connectivity index (χ2v) is 6.86. The van der Waals surface area contributed by atoms with Gasteiger partial charge in [-0.25, -0.2) is 0 Å². The summed E-state index contributed by atoms with van der Waals surface area (Å²) >= 11 is 0. The van der Waals surface area contributed by atoms with Gasteiger partial charge in [-0.3, -0.25) is 0 Å². The molecule has 0 aromatic carbocycles. The largest absolute Gasteiger partial charge is 0.399 e. The van der Waals surface area contributed by atoms with E-state index in [0.29, 0.717) is 5.92 Å². The predicted molar refractivity (Wildman–Crippen MR) is 102 cm³/mol. The molecule has 0 aliphatic carbocycles. The Bertz CT molecular complexity index is 406. The summed E-state index contributed by atoms with van der Waals surface area (Å²) in [6.07, 6.45) is 7.41. The molecule has 0 saturated heterocycles. The second-order valence-electron chi connectivity index (χ2n) is 6.86. The molecule has 0 bridgehead atoms. The van der Waals surface area contributed by atoms with Crippen LogP contribution in [0.5, 0.6) is 0 Å². The topological polar surface area (TPSA) is 26.0 Å². The van der Waals surface area contributed by atoms with Gasteiger partial charge in [-0.15, -0.1) is 0 Å². The number of allylic oxidation sites excluding steroid dienone is 3. The van der Waals surface area contributed by atoms with Crippen molar-refractivity contribution in [2.24, 2.45) is 17.6 Å². The first-order valence-corrected chi connectivity index (χ1v) is 9.13. The average molecular weight is 306 g/mol. The molecule has 1 heteroatoms. The van der Waals surface area contributed by atoms with E-state index in [1.165, 1.54) is 48.0 Å². The minimum atomic E-state index is 0.615. The third kappa shape index (κ3) is 6.02. The number of nitrogens with two attached hydrogens (primary N) is 1. The van der Waals surface area contributed by atoms with Crippen molar-refractivity contribution in [3.8, 4) is 0 Å². The van der Waals surface area contributed by atoms with Crippen molar-refractivity contribution >= 4 is 0 Å². The molecule has 0 heterocycles. The zero-order valence-electron chi connectivity index (χ0n) is 16.2. The highest BCUT2D eigenvalue weighted by Gasteiger charge is 2.20. The fourth-order valence-corrected chi connectivity index (χ4v) is 3.61. The molecule has 0 aliphatic rings. The summed E-state index contributed by atoms with van der Waals surface area (Å²) in [6, 6.07) is 0. The summed E-state index contributed by atoms with van der Waals surface area (Å²) in [4.78, 5) is 0. The molecule has 0 aromatic rings. The summed E-state index contributed by atoms with van der Waals surface area (Å²) in [7, 11) is 0. The second kappa shape index (κ2) is 10.7. The Morgan fingerprint density at radius 2 is 1.45 bits per heavy atom. The van der Waals surface area contributed by atoms with E-state index in [0.717, 1.165) is 24.5 Å². The highest BCUT2D eigenvalue weighted by molar-refractivity contribution is 5.48. The number of hydrogen-bond donors (Lipinski definition) is 1. The zero-order chi connectivity index (χ0) is 17.3. The minimum absolute atomic E-state index is 0.615. The number of hydrogen-bond acceptors (Lipinski definition) is 1. The molecule has 0 fully saturated rings. The van der Waals surface area contributed by atoms with E-state index in [1.807, 2.05) is 0 Å². The van der Waals surface area contributed by atoms with Crippen molar-refractivity contribution in [2.75, 3.05) is 0 Å². The molecule has 0 radical (unpaired) electrons. The van der Waals surface area contributed by atoms with Gasteiger partial charge in [0.1, 0.15) is 0 Å². The average Bonchev–Trinajstić information content (AvgIpc) is 2.45. The fraction of sp³-hybridized carbons (Fsp3) is 0.714. The Hall–Kier alpha value is -0.980. The normalized spacial score (nSPS) is 15.5. The SMILES string of the molecule is C=C(N)C(=C(/C)CCC)/C(C)=C(\C)C(C)C(CCC)CCC. The van der Waals surface area contributed by atoms with Crippen molar-refractivity contribution in [2.45, 2.75) is 87.0 Å². The van der Waals surface area contributed by atoms with E-state index in [-0.39, 0.29) is 0 Å². The first-order valence-electron chi connectivity index (χ1n) is 9.13. The highest BCUT2D eigenvalue weighted by Crippen LogP contribution is 2.33. The van der Waals surface area contributed by atoms with Gasteiger partial charge in [-0.1, -0.05) is 77.5 Å². The smallest absolute Gasteiger partial charge is 0.0316 e. The maximum atomic E-state index is 6.11. The molecule has 0 spiro atoms. The molecule has 0 aliphatic heterocycles. The van der Waals surface area contributed by atoms with Crippen molar-refractivity contribution in [1.82, 2.24) is 0 Å². The minimum Gasteiger partial charge on any atom is -0.399 e. The third-order valence-electron chi connectivity index (χ3n) is 5.05. The summed E-state index contributed by atoms with van der Waals surface area (Å²) in [6.45, 7) is 19.9. The van der Waals surface area contributed by atoms with Crippen LogP contribution in [0.3, 0.4) is 0 Å². The van der Waals surface area contributed by atoms with Crippen molar-refractivity contribution in [3.05, 3.63) is 34.6 Å². The van der Waals surface area contributed by atoms with Gasteiger partial charge in [0.15, 0.2) is 0 Å². The van der Waals surface area contributed by atoms with Gasteiger partial charge in [0.05, 0.1) is 0 Å². The van der Waals surface area contributed by atoms with Gasteiger partial charge in [0.25, 0.3) is 0 Å². The highest BCUT2D eigenvalue weighted by atomic mass is 14.6. The molecule has 0 saturated carbocycles. The molecular formula is C21H39N. The third-order valence-corrected chi connectivity index (χ3v) is 5.05. The Morgan fingerprint density at radius 3 is 1.82 bits per heavy atom. The van der Waals surface area contributed by atoms with Crippen LogP contribution in [-0.2, 0) is 0 Å². The maximum Gasteiger partial charge on any atom is 0.0316 e. The van der Waals surface area contributed by atoms with Crippen LogP contribution in [0.25, 0.3) is 0 Å². The van der Waals surface area contributed by atoms with Gasteiger partial charge >= 0.3 is 0 Å². The molecule has 2 N–H and O–H groups in total. The first-order chi connectivity index (χ1) is 10.3. The lowest BCUT2D eigenvalue weighted by atomic mass is 9.79. The van der Waals surface area contributed by atoms with Crippen LogP contribution in [0.4, 0.5) is 0 Å². The lowest BCUT2D eigenvalue weighted by Crippen LogP contribution is -2.15. The van der Waals surface area contributed by atoms with Crippen LogP contribution in [0.2, 0.25) is 0 Å². The quantitative estimate of drug-likeness (QED) is 0.443. The molecule has 128 valence electrons. The molecule has 1 nitrogen and oxygen atoms in total. The molecular weight excluding hydrogens is 266 g/mol. The van der Waals surface area contributed by atoms with E-state index < -0.39 is 0 Å². The van der Waals surface area contributed by atoms with E-state index in [9.17, 15) is 0 Å². The van der Waals surface area contributed by atoms with Crippen molar-refractivity contribution in [1.29, 1.82) is 0 Å². The number of rotatable bonds is 10. The monoisotopic (exact) mass is 305 g/mol. The summed E-state index contributed by atoms with van der Waals surface area (Å²) in [5, 5.41) is 0. The van der Waals surface area contributed by atoms with Crippen LogP contribution in [-0.4, -0.2) is 0 Å². The van der Waals surface area contributed by atoms with Crippen LogP contribution < -0.4 is 5.73 Å². The molecule has 1 unspecified atom stereocenters. The molecule has 0 rings (SSSR count). The van der Waals surface area contributed by atoms with Crippen molar-refractivity contribution in [3.63, 3.8) is 0 Å². The molecule has 22 heavy (non-hydrogen) atoms. The first kappa shape index (κ1) is 21.0. The van der Waals surface area contributed by atoms with Crippen LogP contribution in [0.15, 0.2) is 34.6 Å². The summed E-state index contributed by atoms with van der Waals surface area (Å²) in [5.74, 6) is 1.40. The van der Waals surface area contributed by atoms with Gasteiger partial charge in [-0.05, 0) is 50.2 Å². The molecule has 0 amide bonds. The van der Waals surface area contributed by atoms with E-state index in [1.54, 1.807) is 0 Å². The summed E-state index contributed by atoms with van der Waals surface area (Å²) in [5.41, 5.74) is 12.3. The van der Waals surface area contributed by atoms with Gasteiger partial charge < -0.3 is 5.73 Å². The molecule has 1 atom stereocenters. The maximum absolute atomic E-state index is 6.11. The van der Waals surface area contributed by atoms with Gasteiger partial charge in [0, 0.05) is 5.70 Å². The standard InChI is InChI=1S/C21H39N/c1-9-12-15(4)21(19(8)22)18(7)16(5)17(6)20(13-10-2)14-11-3/h17,20H,8-14,22H2,1-7H3/b18-16+,21-15-. The van der Waals surface area contributed by atoms with E-state index >= 15 is 0 Å². The Kier molecular flexibility index (Phi) is 10.2. The van der Waals surface area contributed by atoms with Crippen LogP contribution in [0, 0.1) is 11.8 Å². The van der Waals surface area contributed by atoms with Crippen LogP contribution >= 0.6 is 0 Å². The van der Waals surface area contributed by atoms with Gasteiger partial charge in [-0.2, -0.15) is 0 Å². The Balaban J connectivity index is 5.62. The lowest BCUT2D eigenvalue weighted by Gasteiger charge is -2.27. The Labute approximate surface area is 139 Å². The lowest BCUT2D eigenvalue weighted by molar-refractivity contribution is 0.344. The molecule has 0 aromatic heterocycles. The summed E-state index contributed by atoms with van der Waals surface area (Å²) < 4.78 is 0. The van der Waals surface area contributed by atoms with Crippen LogP contribution in [0.1, 0.15) is 87.0 Å². The fourth-order valence-electron chi connectivity index (χ4n) is 3.61. The Morgan fingerprint density at radius 1 is 0.955 bits per heavy atom. The zero-order valence-corrected chi connectivity index (χ0v) is 16.2. The van der Waals surface area contributed by atoms with E-state index in [2.05, 4.69) is 55.0 Å².